The van der Waals surface area contributed by atoms with E-state index in [0.717, 1.165) is 5.56 Å². The zero-order valence-corrected chi connectivity index (χ0v) is 10.4. The molecule has 1 aromatic carbocycles. The van der Waals surface area contributed by atoms with Crippen molar-refractivity contribution >= 4 is 5.97 Å². The number of hydrogen-bond acceptors (Lipinski definition) is 2. The van der Waals surface area contributed by atoms with E-state index >= 15 is 0 Å². The van der Waals surface area contributed by atoms with Gasteiger partial charge in [0.05, 0.1) is 6.42 Å². The van der Waals surface area contributed by atoms with Crippen LogP contribution in [-0.2, 0) is 16.0 Å². The van der Waals surface area contributed by atoms with Gasteiger partial charge in [-0.15, -0.1) is 0 Å². The highest BCUT2D eigenvalue weighted by molar-refractivity contribution is 5.78. The molecule has 0 unspecified atom stereocenters. The zero-order valence-electron chi connectivity index (χ0n) is 10.4. The van der Waals surface area contributed by atoms with E-state index in [0.29, 0.717) is 6.42 Å². The Hall–Kier alpha value is -1.82. The summed E-state index contributed by atoms with van der Waals surface area (Å²) in [6.45, 7) is 12.5. The summed E-state index contributed by atoms with van der Waals surface area (Å²) in [5.74, 6) is -0.448. The lowest BCUT2D eigenvalue weighted by atomic mass is 10.1. The second-order valence-corrected chi connectivity index (χ2v) is 4.87. The van der Waals surface area contributed by atoms with Gasteiger partial charge in [0.2, 0.25) is 0 Å². The lowest BCUT2D eigenvalue weighted by molar-refractivity contribution is -0.155. The molecule has 0 aromatic heterocycles. The maximum atomic E-state index is 11.8. The van der Waals surface area contributed by atoms with E-state index in [2.05, 4.69) is 4.85 Å². The van der Waals surface area contributed by atoms with E-state index in [1.807, 2.05) is 30.3 Å². The molecule has 17 heavy (non-hydrogen) atoms. The molecule has 90 valence electrons. The monoisotopic (exact) mass is 231 g/mol. The molecule has 3 nitrogen and oxygen atoms in total. The number of ether oxygens (including phenoxy) is 1. The van der Waals surface area contributed by atoms with Gasteiger partial charge in [0, 0.05) is 0 Å². The van der Waals surface area contributed by atoms with Gasteiger partial charge < -0.3 is 9.58 Å². The van der Waals surface area contributed by atoms with Gasteiger partial charge in [-0.05, 0) is 26.3 Å². The smallest absolute Gasteiger partial charge is 0.391 e. The molecule has 0 aliphatic heterocycles. The van der Waals surface area contributed by atoms with E-state index < -0.39 is 17.6 Å². The summed E-state index contributed by atoms with van der Waals surface area (Å²) in [7, 11) is 0. The Balaban J connectivity index is 2.68. The number of esters is 1. The normalized spacial score (nSPS) is 12.6. The summed E-state index contributed by atoms with van der Waals surface area (Å²) in [6, 6.07) is 8.75. The Morgan fingerprint density at radius 1 is 1.35 bits per heavy atom. The van der Waals surface area contributed by atoms with Crippen LogP contribution in [0.5, 0.6) is 0 Å². The molecule has 0 fully saturated rings. The maximum absolute atomic E-state index is 11.8. The van der Waals surface area contributed by atoms with Crippen molar-refractivity contribution < 1.29 is 9.53 Å². The van der Waals surface area contributed by atoms with Crippen LogP contribution in [0.25, 0.3) is 4.85 Å². The summed E-state index contributed by atoms with van der Waals surface area (Å²) in [5, 5.41) is 0. The highest BCUT2D eigenvalue weighted by Crippen LogP contribution is 2.13. The van der Waals surface area contributed by atoms with Gasteiger partial charge in [-0.25, -0.2) is 11.4 Å². The standard InChI is InChI=1S/C14H17NO2/c1-14(2,3)17-13(16)12(15-4)10-11-8-6-5-7-9-11/h5-9,12H,10H2,1-3H3/t12-/m1/s1. The van der Waals surface area contributed by atoms with Crippen molar-refractivity contribution in [3.8, 4) is 0 Å². The highest BCUT2D eigenvalue weighted by atomic mass is 16.6. The number of hydrogen-bond donors (Lipinski definition) is 0. The number of nitrogens with zero attached hydrogens (tertiary/aromatic N) is 1. The van der Waals surface area contributed by atoms with Crippen molar-refractivity contribution in [2.24, 2.45) is 0 Å². The number of benzene rings is 1. The Morgan fingerprint density at radius 3 is 2.41 bits per heavy atom. The van der Waals surface area contributed by atoms with Crippen molar-refractivity contribution in [2.45, 2.75) is 38.8 Å². The summed E-state index contributed by atoms with van der Waals surface area (Å²) in [6.07, 6.45) is 0.402. The summed E-state index contributed by atoms with van der Waals surface area (Å²) in [4.78, 5) is 15.1. The van der Waals surface area contributed by atoms with Crippen LogP contribution in [-0.4, -0.2) is 17.6 Å². The first-order valence-corrected chi connectivity index (χ1v) is 5.56. The predicted octanol–water partition coefficient (Wildman–Crippen LogP) is 2.86. The predicted molar refractivity (Wildman–Crippen MR) is 66.4 cm³/mol. The molecule has 0 N–H and O–H groups in total. The average Bonchev–Trinajstić information content (AvgIpc) is 2.24. The van der Waals surface area contributed by atoms with E-state index in [1.54, 1.807) is 20.8 Å². The van der Waals surface area contributed by atoms with Crippen LogP contribution in [0, 0.1) is 6.57 Å². The third-order valence-corrected chi connectivity index (χ3v) is 2.11. The minimum Gasteiger partial charge on any atom is -0.454 e. The second-order valence-electron chi connectivity index (χ2n) is 4.87. The van der Waals surface area contributed by atoms with Gasteiger partial charge in [-0.2, -0.15) is 0 Å². The van der Waals surface area contributed by atoms with Gasteiger partial charge in [0.15, 0.2) is 0 Å². The van der Waals surface area contributed by atoms with Gasteiger partial charge in [0.25, 0.3) is 0 Å². The number of carbonyl (C=O) groups excluding carboxylic acids is 1. The Kier molecular flexibility index (Phi) is 4.28. The molecule has 0 spiro atoms. The first-order chi connectivity index (χ1) is 7.92. The first kappa shape index (κ1) is 13.2. The Morgan fingerprint density at radius 2 is 1.94 bits per heavy atom. The van der Waals surface area contributed by atoms with E-state index in [1.165, 1.54) is 0 Å². The highest BCUT2D eigenvalue weighted by Gasteiger charge is 2.29. The molecule has 0 bridgehead atoms. The molecule has 0 aliphatic carbocycles. The fourth-order valence-corrected chi connectivity index (χ4v) is 1.39. The van der Waals surface area contributed by atoms with Gasteiger partial charge in [-0.1, -0.05) is 30.3 Å². The van der Waals surface area contributed by atoms with Crippen molar-refractivity contribution in [2.75, 3.05) is 0 Å². The summed E-state index contributed by atoms with van der Waals surface area (Å²) in [5.41, 5.74) is 0.427. The van der Waals surface area contributed by atoms with Crippen LogP contribution in [0.4, 0.5) is 0 Å². The average molecular weight is 231 g/mol. The van der Waals surface area contributed by atoms with Gasteiger partial charge >= 0.3 is 12.0 Å². The topological polar surface area (TPSA) is 30.7 Å². The molecule has 0 saturated carbocycles. The molecule has 3 heteroatoms. The van der Waals surface area contributed by atoms with Crippen LogP contribution in [0.15, 0.2) is 30.3 Å². The lowest BCUT2D eigenvalue weighted by Crippen LogP contribution is -2.31. The van der Waals surface area contributed by atoms with Crippen LogP contribution in [0.1, 0.15) is 26.3 Å². The quantitative estimate of drug-likeness (QED) is 0.591. The number of carbonyl (C=O) groups is 1. The molecule has 0 radical (unpaired) electrons. The summed E-state index contributed by atoms with van der Waals surface area (Å²) < 4.78 is 5.21. The van der Waals surface area contributed by atoms with E-state index in [9.17, 15) is 4.79 Å². The number of rotatable bonds is 3. The van der Waals surface area contributed by atoms with E-state index in [4.69, 9.17) is 11.3 Å². The molecule has 1 atom stereocenters. The summed E-state index contributed by atoms with van der Waals surface area (Å²) >= 11 is 0. The Labute approximate surface area is 102 Å². The molecule has 1 aromatic rings. The minimum absolute atomic E-state index is 0.402. The third kappa shape index (κ3) is 4.69. The molecular formula is C14H17NO2. The fraction of sp³-hybridized carbons (Fsp3) is 0.429. The Bertz CT molecular complexity index is 412. The van der Waals surface area contributed by atoms with Crippen molar-refractivity contribution in [3.05, 3.63) is 47.3 Å². The first-order valence-electron chi connectivity index (χ1n) is 5.56. The van der Waals surface area contributed by atoms with Crippen LogP contribution >= 0.6 is 0 Å². The van der Waals surface area contributed by atoms with Gasteiger partial charge in [-0.3, -0.25) is 0 Å². The van der Waals surface area contributed by atoms with Crippen LogP contribution in [0.2, 0.25) is 0 Å². The van der Waals surface area contributed by atoms with Crippen molar-refractivity contribution in [1.29, 1.82) is 0 Å². The van der Waals surface area contributed by atoms with E-state index in [-0.39, 0.29) is 0 Å². The zero-order chi connectivity index (χ0) is 12.9. The maximum Gasteiger partial charge on any atom is 0.391 e. The molecule has 1 rings (SSSR count). The molecule has 0 saturated heterocycles. The van der Waals surface area contributed by atoms with Gasteiger partial charge in [0.1, 0.15) is 5.60 Å². The van der Waals surface area contributed by atoms with Crippen molar-refractivity contribution in [1.82, 2.24) is 0 Å². The molecule has 0 heterocycles. The van der Waals surface area contributed by atoms with Crippen molar-refractivity contribution in [3.63, 3.8) is 0 Å². The van der Waals surface area contributed by atoms with Crippen LogP contribution < -0.4 is 0 Å². The lowest BCUT2D eigenvalue weighted by Gasteiger charge is -2.19. The minimum atomic E-state index is -0.753. The van der Waals surface area contributed by atoms with Crippen LogP contribution in [0.3, 0.4) is 0 Å². The molecule has 0 amide bonds. The fourth-order valence-electron chi connectivity index (χ4n) is 1.39. The SMILES string of the molecule is [C-]#[N+][C@H](Cc1ccccc1)C(=O)OC(C)(C)C. The molecule has 0 aliphatic rings. The third-order valence-electron chi connectivity index (χ3n) is 2.11. The largest absolute Gasteiger partial charge is 0.454 e. The molecular weight excluding hydrogens is 214 g/mol. The second kappa shape index (κ2) is 5.49.